The number of carboxylic acids is 1. The van der Waals surface area contributed by atoms with Crippen molar-refractivity contribution in [1.82, 2.24) is 0 Å². The molecule has 0 atom stereocenters. The molecular weight excluding hydrogens is 322 g/mol. The number of halogens is 1. The van der Waals surface area contributed by atoms with Crippen molar-refractivity contribution in [3.8, 4) is 11.5 Å². The zero-order valence-electron chi connectivity index (χ0n) is 11.1. The number of carbonyl (C=O) groups is 1. The Morgan fingerprint density at radius 2 is 1.75 bits per heavy atom. The Morgan fingerprint density at radius 1 is 1.15 bits per heavy atom. The number of carboxylic acid groups (broad SMARTS) is 1. The fraction of sp³-hybridized carbons (Fsp3) is 0.133. The molecule has 0 aromatic heterocycles. The molecule has 20 heavy (non-hydrogen) atoms. The van der Waals surface area contributed by atoms with E-state index in [2.05, 4.69) is 15.9 Å². The number of aryl methyl sites for hydroxylation is 2. The normalized spacial score (nSPS) is 10.3. The topological polar surface area (TPSA) is 72.5 Å². The van der Waals surface area contributed by atoms with Gasteiger partial charge in [0.2, 0.25) is 0 Å². The molecule has 0 radical (unpaired) electrons. The van der Waals surface area contributed by atoms with Crippen LogP contribution in [0.25, 0.3) is 0 Å². The lowest BCUT2D eigenvalue weighted by atomic mass is 10.1. The number of ether oxygens (including phenoxy) is 1. The Kier molecular flexibility index (Phi) is 3.99. The third kappa shape index (κ3) is 2.93. The second kappa shape index (κ2) is 5.54. The number of aromatic carboxylic acids is 1. The molecule has 0 bridgehead atoms. The quantitative estimate of drug-likeness (QED) is 0.827. The number of rotatable bonds is 3. The number of nitrogens with two attached hydrogens (primary N) is 1. The number of hydrogen-bond acceptors (Lipinski definition) is 3. The second-order valence-electron chi connectivity index (χ2n) is 4.53. The van der Waals surface area contributed by atoms with Crippen molar-refractivity contribution in [1.29, 1.82) is 0 Å². The summed E-state index contributed by atoms with van der Waals surface area (Å²) in [4.78, 5) is 10.9. The van der Waals surface area contributed by atoms with Gasteiger partial charge in [0.05, 0.1) is 5.56 Å². The van der Waals surface area contributed by atoms with Gasteiger partial charge in [-0.1, -0.05) is 15.9 Å². The molecule has 3 N–H and O–H groups in total. The van der Waals surface area contributed by atoms with Gasteiger partial charge in [-0.3, -0.25) is 0 Å². The van der Waals surface area contributed by atoms with Gasteiger partial charge in [0, 0.05) is 16.2 Å². The minimum absolute atomic E-state index is 0.0699. The van der Waals surface area contributed by atoms with E-state index in [9.17, 15) is 4.79 Å². The van der Waals surface area contributed by atoms with Crippen LogP contribution < -0.4 is 10.5 Å². The first-order valence-electron chi connectivity index (χ1n) is 5.96. The Balaban J connectivity index is 2.31. The largest absolute Gasteiger partial charge is 0.478 e. The molecular formula is C15H14BrNO3. The van der Waals surface area contributed by atoms with Crippen LogP contribution >= 0.6 is 15.9 Å². The van der Waals surface area contributed by atoms with E-state index >= 15 is 0 Å². The minimum Gasteiger partial charge on any atom is -0.478 e. The summed E-state index contributed by atoms with van der Waals surface area (Å²) in [6, 6.07) is 8.34. The maximum atomic E-state index is 10.9. The van der Waals surface area contributed by atoms with Crippen molar-refractivity contribution in [3.05, 3.63) is 51.5 Å². The standard InChI is InChI=1S/C15H14BrNO3/c1-8-5-11(6-9(2)14(8)16)20-10-3-4-12(15(18)19)13(17)7-10/h3-7H,17H2,1-2H3,(H,18,19). The highest BCUT2D eigenvalue weighted by atomic mass is 79.9. The average Bonchev–Trinajstić information content (AvgIpc) is 2.35. The van der Waals surface area contributed by atoms with E-state index in [1.807, 2.05) is 26.0 Å². The van der Waals surface area contributed by atoms with E-state index in [0.717, 1.165) is 15.6 Å². The monoisotopic (exact) mass is 335 g/mol. The molecule has 5 heteroatoms. The molecule has 0 saturated carbocycles. The van der Waals surface area contributed by atoms with Gasteiger partial charge in [-0.25, -0.2) is 4.79 Å². The molecule has 4 nitrogen and oxygen atoms in total. The maximum absolute atomic E-state index is 10.9. The van der Waals surface area contributed by atoms with Gasteiger partial charge in [0.25, 0.3) is 0 Å². The van der Waals surface area contributed by atoms with Gasteiger partial charge >= 0.3 is 5.97 Å². The second-order valence-corrected chi connectivity index (χ2v) is 5.32. The van der Waals surface area contributed by atoms with Crippen LogP contribution in [0, 0.1) is 13.8 Å². The van der Waals surface area contributed by atoms with Crippen LogP contribution in [0.3, 0.4) is 0 Å². The van der Waals surface area contributed by atoms with Crippen molar-refractivity contribution >= 4 is 27.6 Å². The van der Waals surface area contributed by atoms with Gasteiger partial charge in [-0.15, -0.1) is 0 Å². The van der Waals surface area contributed by atoms with E-state index in [4.69, 9.17) is 15.6 Å². The highest BCUT2D eigenvalue weighted by molar-refractivity contribution is 9.10. The van der Waals surface area contributed by atoms with Crippen LogP contribution in [-0.2, 0) is 0 Å². The van der Waals surface area contributed by atoms with Crippen LogP contribution in [-0.4, -0.2) is 11.1 Å². The number of hydrogen-bond donors (Lipinski definition) is 2. The zero-order valence-corrected chi connectivity index (χ0v) is 12.7. The van der Waals surface area contributed by atoms with Gasteiger partial charge < -0.3 is 15.6 Å². The lowest BCUT2D eigenvalue weighted by molar-refractivity contribution is 0.0698. The molecule has 0 aliphatic heterocycles. The summed E-state index contributed by atoms with van der Waals surface area (Å²) in [7, 11) is 0. The predicted molar refractivity (Wildman–Crippen MR) is 81.5 cm³/mol. The summed E-state index contributed by atoms with van der Waals surface area (Å²) in [6.07, 6.45) is 0. The minimum atomic E-state index is -1.05. The van der Waals surface area contributed by atoms with E-state index < -0.39 is 5.97 Å². The summed E-state index contributed by atoms with van der Waals surface area (Å²) < 4.78 is 6.76. The van der Waals surface area contributed by atoms with E-state index in [1.54, 1.807) is 6.07 Å². The summed E-state index contributed by atoms with van der Waals surface area (Å²) in [5.74, 6) is 0.142. The SMILES string of the molecule is Cc1cc(Oc2ccc(C(=O)O)c(N)c2)cc(C)c1Br. The Hall–Kier alpha value is -2.01. The van der Waals surface area contributed by atoms with Crippen molar-refractivity contribution < 1.29 is 14.6 Å². The molecule has 0 fully saturated rings. The lowest BCUT2D eigenvalue weighted by Gasteiger charge is -2.11. The smallest absolute Gasteiger partial charge is 0.337 e. The van der Waals surface area contributed by atoms with Crippen molar-refractivity contribution in [2.45, 2.75) is 13.8 Å². The summed E-state index contributed by atoms with van der Waals surface area (Å²) >= 11 is 3.49. The molecule has 0 unspecified atom stereocenters. The van der Waals surface area contributed by atoms with E-state index in [1.165, 1.54) is 12.1 Å². The number of benzene rings is 2. The highest BCUT2D eigenvalue weighted by Crippen LogP contribution is 2.30. The zero-order chi connectivity index (χ0) is 14.9. The molecule has 104 valence electrons. The predicted octanol–water partition coefficient (Wildman–Crippen LogP) is 4.14. The van der Waals surface area contributed by atoms with Crippen molar-refractivity contribution in [2.24, 2.45) is 0 Å². The third-order valence-electron chi connectivity index (χ3n) is 2.90. The number of nitrogen functional groups attached to an aromatic ring is 1. The van der Waals surface area contributed by atoms with Gasteiger partial charge in [-0.2, -0.15) is 0 Å². The molecule has 0 heterocycles. The first kappa shape index (κ1) is 14.4. The van der Waals surface area contributed by atoms with E-state index in [-0.39, 0.29) is 11.3 Å². The lowest BCUT2D eigenvalue weighted by Crippen LogP contribution is -2.02. The first-order valence-corrected chi connectivity index (χ1v) is 6.75. The summed E-state index contributed by atoms with van der Waals surface area (Å²) in [5.41, 5.74) is 8.07. The summed E-state index contributed by atoms with van der Waals surface area (Å²) in [6.45, 7) is 3.96. The van der Waals surface area contributed by atoms with Crippen LogP contribution in [0.5, 0.6) is 11.5 Å². The van der Waals surface area contributed by atoms with E-state index in [0.29, 0.717) is 11.5 Å². The first-order chi connectivity index (χ1) is 9.38. The Labute approximate surface area is 125 Å². The summed E-state index contributed by atoms with van der Waals surface area (Å²) in [5, 5.41) is 8.92. The van der Waals surface area contributed by atoms with Crippen LogP contribution in [0.1, 0.15) is 21.5 Å². The molecule has 0 saturated heterocycles. The Bertz CT molecular complexity index is 660. The maximum Gasteiger partial charge on any atom is 0.337 e. The van der Waals surface area contributed by atoms with Gasteiger partial charge in [0.1, 0.15) is 11.5 Å². The molecule has 0 aliphatic rings. The Morgan fingerprint density at radius 3 is 2.25 bits per heavy atom. The number of anilines is 1. The van der Waals surface area contributed by atoms with Crippen molar-refractivity contribution in [2.75, 3.05) is 5.73 Å². The van der Waals surface area contributed by atoms with Crippen molar-refractivity contribution in [3.63, 3.8) is 0 Å². The molecule has 0 spiro atoms. The van der Waals surface area contributed by atoms with Crippen LogP contribution in [0.4, 0.5) is 5.69 Å². The average molecular weight is 336 g/mol. The van der Waals surface area contributed by atoms with Gasteiger partial charge in [0.15, 0.2) is 0 Å². The molecule has 0 aliphatic carbocycles. The van der Waals surface area contributed by atoms with Crippen LogP contribution in [0.15, 0.2) is 34.8 Å². The molecule has 2 rings (SSSR count). The molecule has 2 aromatic rings. The third-order valence-corrected chi connectivity index (χ3v) is 4.15. The fourth-order valence-corrected chi connectivity index (χ4v) is 2.13. The van der Waals surface area contributed by atoms with Crippen LogP contribution in [0.2, 0.25) is 0 Å². The molecule has 2 aromatic carbocycles. The molecule has 0 amide bonds. The van der Waals surface area contributed by atoms with Gasteiger partial charge in [-0.05, 0) is 49.2 Å². The highest BCUT2D eigenvalue weighted by Gasteiger charge is 2.10. The fourth-order valence-electron chi connectivity index (χ4n) is 1.90.